The summed E-state index contributed by atoms with van der Waals surface area (Å²) in [5, 5.41) is 2.21. The summed E-state index contributed by atoms with van der Waals surface area (Å²) in [6.45, 7) is 4.60. The molecule has 2 rings (SSSR count). The highest BCUT2D eigenvalue weighted by molar-refractivity contribution is 7.89. The van der Waals surface area contributed by atoms with E-state index in [2.05, 4.69) is 10.0 Å². The van der Waals surface area contributed by atoms with Crippen LogP contribution in [-0.4, -0.2) is 27.0 Å². The molecule has 0 spiro atoms. The van der Waals surface area contributed by atoms with E-state index < -0.39 is 34.2 Å². The summed E-state index contributed by atoms with van der Waals surface area (Å²) in [7, 11) is -3.64. The van der Waals surface area contributed by atoms with Crippen molar-refractivity contribution >= 4 is 21.6 Å². The predicted octanol–water partition coefficient (Wildman–Crippen LogP) is 2.98. The summed E-state index contributed by atoms with van der Waals surface area (Å²) < 4.78 is 58.8. The number of anilines is 1. The standard InChI is InChI=1S/C18H20F2N2O4S/c1-11(2)22-27(24,25)14-5-7-17(12(3)8-14)26-10-18(23)21-16-9-13(19)4-6-15(16)20/h4-9,11,22H,10H2,1-3H3,(H,21,23). The number of nitrogens with one attached hydrogen (secondary N) is 2. The maximum absolute atomic E-state index is 13.5. The number of carbonyl (C=O) groups excluding carboxylic acids is 1. The number of carbonyl (C=O) groups is 1. The summed E-state index contributed by atoms with van der Waals surface area (Å²) >= 11 is 0. The molecule has 0 saturated carbocycles. The average molecular weight is 398 g/mol. The average Bonchev–Trinajstić information content (AvgIpc) is 2.56. The van der Waals surface area contributed by atoms with Crippen LogP contribution in [0, 0.1) is 18.6 Å². The van der Waals surface area contributed by atoms with Crippen LogP contribution in [0.3, 0.4) is 0 Å². The molecule has 1 amide bonds. The molecule has 27 heavy (non-hydrogen) atoms. The summed E-state index contributed by atoms with van der Waals surface area (Å²) in [6, 6.07) is 6.66. The number of aryl methyl sites for hydroxylation is 1. The van der Waals surface area contributed by atoms with E-state index in [1.165, 1.54) is 18.2 Å². The molecule has 6 nitrogen and oxygen atoms in total. The van der Waals surface area contributed by atoms with Gasteiger partial charge in [0.1, 0.15) is 17.4 Å². The second-order valence-electron chi connectivity index (χ2n) is 6.16. The second kappa shape index (κ2) is 8.45. The van der Waals surface area contributed by atoms with Crippen molar-refractivity contribution in [1.82, 2.24) is 4.72 Å². The van der Waals surface area contributed by atoms with Crippen molar-refractivity contribution in [3.8, 4) is 5.75 Å². The van der Waals surface area contributed by atoms with Crippen molar-refractivity contribution in [3.63, 3.8) is 0 Å². The van der Waals surface area contributed by atoms with Gasteiger partial charge in [-0.25, -0.2) is 21.9 Å². The Morgan fingerprint density at radius 2 is 1.85 bits per heavy atom. The lowest BCUT2D eigenvalue weighted by atomic mass is 10.2. The molecule has 0 fully saturated rings. The zero-order valence-electron chi connectivity index (χ0n) is 15.0. The first kappa shape index (κ1) is 20.8. The van der Waals surface area contributed by atoms with Gasteiger partial charge in [0.25, 0.3) is 5.91 Å². The van der Waals surface area contributed by atoms with E-state index in [0.717, 1.165) is 18.2 Å². The van der Waals surface area contributed by atoms with Gasteiger partial charge in [0.15, 0.2) is 6.61 Å². The fraction of sp³-hybridized carbons (Fsp3) is 0.278. The highest BCUT2D eigenvalue weighted by Gasteiger charge is 2.17. The van der Waals surface area contributed by atoms with Crippen LogP contribution in [0.5, 0.6) is 5.75 Å². The van der Waals surface area contributed by atoms with E-state index in [-0.39, 0.29) is 16.6 Å². The monoisotopic (exact) mass is 398 g/mol. The fourth-order valence-electron chi connectivity index (χ4n) is 2.25. The van der Waals surface area contributed by atoms with Crippen LogP contribution in [0.4, 0.5) is 14.5 Å². The van der Waals surface area contributed by atoms with Crippen LogP contribution in [0.25, 0.3) is 0 Å². The van der Waals surface area contributed by atoms with E-state index in [1.54, 1.807) is 20.8 Å². The largest absolute Gasteiger partial charge is 0.483 e. The van der Waals surface area contributed by atoms with E-state index >= 15 is 0 Å². The Kier molecular flexibility index (Phi) is 6.50. The third-order valence-corrected chi connectivity index (χ3v) is 5.07. The van der Waals surface area contributed by atoms with Gasteiger partial charge in [0.2, 0.25) is 10.0 Å². The molecule has 2 aromatic carbocycles. The van der Waals surface area contributed by atoms with Gasteiger partial charge in [-0.15, -0.1) is 0 Å². The van der Waals surface area contributed by atoms with Gasteiger partial charge in [0, 0.05) is 12.1 Å². The number of hydrogen-bond donors (Lipinski definition) is 2. The number of amides is 1. The zero-order valence-corrected chi connectivity index (χ0v) is 15.9. The minimum Gasteiger partial charge on any atom is -0.483 e. The summed E-state index contributed by atoms with van der Waals surface area (Å²) in [5.41, 5.74) is 0.216. The topological polar surface area (TPSA) is 84.5 Å². The quantitative estimate of drug-likeness (QED) is 0.751. The fourth-order valence-corrected chi connectivity index (χ4v) is 3.59. The van der Waals surface area contributed by atoms with Crippen LogP contribution in [-0.2, 0) is 14.8 Å². The lowest BCUT2D eigenvalue weighted by Crippen LogP contribution is -2.30. The van der Waals surface area contributed by atoms with E-state index in [4.69, 9.17) is 4.74 Å². The first-order valence-corrected chi connectivity index (χ1v) is 9.57. The van der Waals surface area contributed by atoms with Crippen LogP contribution >= 0.6 is 0 Å². The van der Waals surface area contributed by atoms with Gasteiger partial charge in [-0.05, 0) is 56.7 Å². The number of rotatable bonds is 7. The molecule has 0 atom stereocenters. The maximum atomic E-state index is 13.5. The number of benzene rings is 2. The third kappa shape index (κ3) is 5.73. The Balaban J connectivity index is 2.04. The van der Waals surface area contributed by atoms with Gasteiger partial charge < -0.3 is 10.1 Å². The number of hydrogen-bond acceptors (Lipinski definition) is 4. The minimum absolute atomic E-state index is 0.0762. The Morgan fingerprint density at radius 1 is 1.15 bits per heavy atom. The van der Waals surface area contributed by atoms with Crippen molar-refractivity contribution in [2.75, 3.05) is 11.9 Å². The van der Waals surface area contributed by atoms with Crippen LogP contribution in [0.15, 0.2) is 41.3 Å². The molecule has 0 aromatic heterocycles. The molecule has 0 aliphatic heterocycles. The van der Waals surface area contributed by atoms with Crippen molar-refractivity contribution in [3.05, 3.63) is 53.6 Å². The smallest absolute Gasteiger partial charge is 0.262 e. The highest BCUT2D eigenvalue weighted by Crippen LogP contribution is 2.22. The normalized spacial score (nSPS) is 11.5. The van der Waals surface area contributed by atoms with Gasteiger partial charge in [-0.2, -0.15) is 0 Å². The van der Waals surface area contributed by atoms with Crippen LogP contribution < -0.4 is 14.8 Å². The SMILES string of the molecule is Cc1cc(S(=O)(=O)NC(C)C)ccc1OCC(=O)Nc1cc(F)ccc1F. The summed E-state index contributed by atoms with van der Waals surface area (Å²) in [5.74, 6) is -1.84. The molecule has 0 radical (unpaired) electrons. The predicted molar refractivity (Wildman–Crippen MR) is 97.1 cm³/mol. The van der Waals surface area contributed by atoms with Gasteiger partial charge in [-0.3, -0.25) is 4.79 Å². The molecular formula is C18H20F2N2O4S. The van der Waals surface area contributed by atoms with Gasteiger partial charge in [-0.1, -0.05) is 0 Å². The molecule has 0 aliphatic carbocycles. The molecular weight excluding hydrogens is 378 g/mol. The first-order chi connectivity index (χ1) is 12.6. The maximum Gasteiger partial charge on any atom is 0.262 e. The first-order valence-electron chi connectivity index (χ1n) is 8.09. The summed E-state index contributed by atoms with van der Waals surface area (Å²) in [4.78, 5) is 12.0. The van der Waals surface area contributed by atoms with Crippen LogP contribution in [0.1, 0.15) is 19.4 Å². The Hall–Kier alpha value is -2.52. The molecule has 0 unspecified atom stereocenters. The summed E-state index contributed by atoms with van der Waals surface area (Å²) in [6.07, 6.45) is 0. The Morgan fingerprint density at radius 3 is 2.48 bits per heavy atom. The lowest BCUT2D eigenvalue weighted by molar-refractivity contribution is -0.118. The van der Waals surface area contributed by atoms with Crippen molar-refractivity contribution < 1.29 is 26.7 Å². The molecule has 9 heteroatoms. The molecule has 0 aliphatic rings. The molecule has 0 bridgehead atoms. The molecule has 146 valence electrons. The van der Waals surface area contributed by atoms with Crippen LogP contribution in [0.2, 0.25) is 0 Å². The number of halogens is 2. The Bertz CT molecular complexity index is 946. The Labute approximate surface area is 156 Å². The van der Waals surface area contributed by atoms with Gasteiger partial charge in [0.05, 0.1) is 10.6 Å². The number of ether oxygens (including phenoxy) is 1. The minimum atomic E-state index is -3.64. The molecule has 2 aromatic rings. The van der Waals surface area contributed by atoms with E-state index in [9.17, 15) is 22.0 Å². The van der Waals surface area contributed by atoms with Crippen molar-refractivity contribution in [1.29, 1.82) is 0 Å². The van der Waals surface area contributed by atoms with Crippen molar-refractivity contribution in [2.24, 2.45) is 0 Å². The number of sulfonamides is 1. The lowest BCUT2D eigenvalue weighted by Gasteiger charge is -2.13. The highest BCUT2D eigenvalue weighted by atomic mass is 32.2. The molecule has 0 heterocycles. The van der Waals surface area contributed by atoms with E-state index in [0.29, 0.717) is 11.3 Å². The van der Waals surface area contributed by atoms with Gasteiger partial charge >= 0.3 is 0 Å². The zero-order chi connectivity index (χ0) is 20.2. The third-order valence-electron chi connectivity index (χ3n) is 3.41. The molecule has 0 saturated heterocycles. The second-order valence-corrected chi connectivity index (χ2v) is 7.88. The van der Waals surface area contributed by atoms with E-state index in [1.807, 2.05) is 0 Å². The van der Waals surface area contributed by atoms with Crippen molar-refractivity contribution in [2.45, 2.75) is 31.7 Å². The molecule has 2 N–H and O–H groups in total.